The van der Waals surface area contributed by atoms with Gasteiger partial charge in [-0.2, -0.15) is 0 Å². The molecule has 2 aromatic carbocycles. The summed E-state index contributed by atoms with van der Waals surface area (Å²) >= 11 is 0. The molecule has 0 bridgehead atoms. The first-order valence-corrected chi connectivity index (χ1v) is 8.07. The average Bonchev–Trinajstić information content (AvgIpc) is 2.55. The number of hydrogen-bond acceptors (Lipinski definition) is 2. The Morgan fingerprint density at radius 3 is 1.91 bits per heavy atom. The van der Waals surface area contributed by atoms with Gasteiger partial charge in [0.05, 0.1) is 7.11 Å². The summed E-state index contributed by atoms with van der Waals surface area (Å²) in [4.78, 5) is 0. The minimum atomic E-state index is 0.664. The molecule has 0 aliphatic rings. The van der Waals surface area contributed by atoms with E-state index in [2.05, 4.69) is 50.2 Å². The maximum Gasteiger partial charge on any atom is 0.118 e. The van der Waals surface area contributed by atoms with Gasteiger partial charge in [-0.3, -0.25) is 0 Å². The first-order valence-electron chi connectivity index (χ1n) is 8.07. The van der Waals surface area contributed by atoms with Gasteiger partial charge in [-0.25, -0.2) is 0 Å². The molecule has 2 N–H and O–H groups in total. The number of methoxy groups -OCH3 is 1. The van der Waals surface area contributed by atoms with Crippen LogP contribution >= 0.6 is 0 Å². The second kappa shape index (κ2) is 8.00. The molecule has 0 amide bonds. The normalized spacial score (nSPS) is 12.4. The number of nitrogens with two attached hydrogens (primary N) is 1. The first kappa shape index (κ1) is 16.6. The van der Waals surface area contributed by atoms with Crippen LogP contribution in [0.4, 0.5) is 0 Å². The van der Waals surface area contributed by atoms with Crippen molar-refractivity contribution in [1.29, 1.82) is 0 Å². The van der Waals surface area contributed by atoms with E-state index in [4.69, 9.17) is 10.5 Å². The number of benzene rings is 2. The Morgan fingerprint density at radius 1 is 0.909 bits per heavy atom. The highest BCUT2D eigenvalue weighted by Gasteiger charge is 2.13. The summed E-state index contributed by atoms with van der Waals surface area (Å²) in [7, 11) is 1.69. The van der Waals surface area contributed by atoms with E-state index in [1.807, 2.05) is 12.1 Å². The van der Waals surface area contributed by atoms with Gasteiger partial charge in [-0.05, 0) is 60.0 Å². The maximum atomic E-state index is 5.73. The Hall–Kier alpha value is -1.80. The summed E-state index contributed by atoms with van der Waals surface area (Å²) in [6.45, 7) is 5.34. The molecule has 0 fully saturated rings. The van der Waals surface area contributed by atoms with Gasteiger partial charge < -0.3 is 10.5 Å². The van der Waals surface area contributed by atoms with Crippen molar-refractivity contribution < 1.29 is 4.74 Å². The quantitative estimate of drug-likeness (QED) is 0.815. The van der Waals surface area contributed by atoms with Crippen molar-refractivity contribution in [3.8, 4) is 16.9 Å². The van der Waals surface area contributed by atoms with E-state index in [0.29, 0.717) is 11.8 Å². The highest BCUT2D eigenvalue weighted by molar-refractivity contribution is 5.64. The molecule has 1 atom stereocenters. The van der Waals surface area contributed by atoms with Crippen molar-refractivity contribution in [2.45, 2.75) is 26.7 Å². The van der Waals surface area contributed by atoms with Crippen LogP contribution in [0.25, 0.3) is 11.1 Å². The fraction of sp³-hybridized carbons (Fsp3) is 0.400. The standard InChI is InChI=1S/C20H27NO/c1-15(2)19(12-13-21)14-16-4-6-17(7-5-16)18-8-10-20(22-3)11-9-18/h4-11,15,19H,12-14,21H2,1-3H3. The molecule has 1 unspecified atom stereocenters. The van der Waals surface area contributed by atoms with Crippen LogP contribution in [0.15, 0.2) is 48.5 Å². The van der Waals surface area contributed by atoms with Crippen LogP contribution in [0.2, 0.25) is 0 Å². The zero-order valence-electron chi connectivity index (χ0n) is 13.9. The molecular weight excluding hydrogens is 270 g/mol. The number of hydrogen-bond donors (Lipinski definition) is 1. The Morgan fingerprint density at radius 2 is 1.45 bits per heavy atom. The topological polar surface area (TPSA) is 35.2 Å². The molecule has 0 aromatic heterocycles. The highest BCUT2D eigenvalue weighted by atomic mass is 16.5. The van der Waals surface area contributed by atoms with Crippen LogP contribution in [0.5, 0.6) is 5.75 Å². The van der Waals surface area contributed by atoms with Crippen molar-refractivity contribution in [3.05, 3.63) is 54.1 Å². The van der Waals surface area contributed by atoms with Crippen LogP contribution in [-0.4, -0.2) is 13.7 Å². The molecule has 0 radical (unpaired) electrons. The fourth-order valence-corrected chi connectivity index (χ4v) is 2.80. The predicted molar refractivity (Wildman–Crippen MR) is 94.1 cm³/mol. The molecule has 2 nitrogen and oxygen atoms in total. The molecule has 0 spiro atoms. The second-order valence-electron chi connectivity index (χ2n) is 6.21. The lowest BCUT2D eigenvalue weighted by Gasteiger charge is -2.20. The molecule has 0 heterocycles. The Bertz CT molecular complexity index is 557. The van der Waals surface area contributed by atoms with Gasteiger partial charge in [0.1, 0.15) is 5.75 Å². The molecule has 22 heavy (non-hydrogen) atoms. The third-order valence-corrected chi connectivity index (χ3v) is 4.36. The largest absolute Gasteiger partial charge is 0.497 e. The molecule has 0 saturated carbocycles. The lowest BCUT2D eigenvalue weighted by Crippen LogP contribution is -2.16. The van der Waals surface area contributed by atoms with E-state index < -0.39 is 0 Å². The SMILES string of the molecule is COc1ccc(-c2ccc(CC(CCN)C(C)C)cc2)cc1. The minimum absolute atomic E-state index is 0.664. The molecular formula is C20H27NO. The highest BCUT2D eigenvalue weighted by Crippen LogP contribution is 2.25. The third-order valence-electron chi connectivity index (χ3n) is 4.36. The van der Waals surface area contributed by atoms with Crippen molar-refractivity contribution in [3.63, 3.8) is 0 Å². The average molecular weight is 297 g/mol. The molecule has 0 aliphatic heterocycles. The lowest BCUT2D eigenvalue weighted by atomic mass is 9.86. The molecule has 2 heteroatoms. The lowest BCUT2D eigenvalue weighted by molar-refractivity contribution is 0.362. The zero-order chi connectivity index (χ0) is 15.9. The monoisotopic (exact) mass is 297 g/mol. The van der Waals surface area contributed by atoms with Gasteiger partial charge in [0.2, 0.25) is 0 Å². The molecule has 2 rings (SSSR count). The Balaban J connectivity index is 2.08. The smallest absolute Gasteiger partial charge is 0.118 e. The van der Waals surface area contributed by atoms with Crippen molar-refractivity contribution in [2.24, 2.45) is 17.6 Å². The Labute approximate surface area is 134 Å². The van der Waals surface area contributed by atoms with E-state index in [-0.39, 0.29) is 0 Å². The summed E-state index contributed by atoms with van der Waals surface area (Å²) in [5.41, 5.74) is 9.59. The van der Waals surface area contributed by atoms with Gasteiger partial charge >= 0.3 is 0 Å². The van der Waals surface area contributed by atoms with Crippen LogP contribution in [0.1, 0.15) is 25.8 Å². The number of rotatable bonds is 7. The molecule has 118 valence electrons. The van der Waals surface area contributed by atoms with Crippen LogP contribution in [0.3, 0.4) is 0 Å². The number of ether oxygens (including phenoxy) is 1. The summed E-state index contributed by atoms with van der Waals surface area (Å²) in [5.74, 6) is 2.23. The van der Waals surface area contributed by atoms with E-state index in [0.717, 1.165) is 25.1 Å². The summed E-state index contributed by atoms with van der Waals surface area (Å²) in [5, 5.41) is 0. The first-order chi connectivity index (χ1) is 10.6. The van der Waals surface area contributed by atoms with Crippen molar-refractivity contribution in [2.75, 3.05) is 13.7 Å². The summed E-state index contributed by atoms with van der Waals surface area (Å²) < 4.78 is 5.20. The van der Waals surface area contributed by atoms with Crippen LogP contribution < -0.4 is 10.5 Å². The van der Waals surface area contributed by atoms with Crippen LogP contribution in [0, 0.1) is 11.8 Å². The summed E-state index contributed by atoms with van der Waals surface area (Å²) in [6, 6.07) is 17.1. The van der Waals surface area contributed by atoms with Crippen molar-refractivity contribution in [1.82, 2.24) is 0 Å². The van der Waals surface area contributed by atoms with Gasteiger partial charge in [0.25, 0.3) is 0 Å². The van der Waals surface area contributed by atoms with E-state index in [1.54, 1.807) is 7.11 Å². The maximum absolute atomic E-state index is 5.73. The molecule has 0 saturated heterocycles. The van der Waals surface area contributed by atoms with E-state index in [9.17, 15) is 0 Å². The van der Waals surface area contributed by atoms with E-state index in [1.165, 1.54) is 16.7 Å². The van der Waals surface area contributed by atoms with Gasteiger partial charge in [0.15, 0.2) is 0 Å². The van der Waals surface area contributed by atoms with Gasteiger partial charge in [0, 0.05) is 0 Å². The fourth-order valence-electron chi connectivity index (χ4n) is 2.80. The summed E-state index contributed by atoms with van der Waals surface area (Å²) in [6.07, 6.45) is 2.20. The van der Waals surface area contributed by atoms with Crippen LogP contribution in [-0.2, 0) is 6.42 Å². The zero-order valence-corrected chi connectivity index (χ0v) is 13.9. The molecule has 2 aromatic rings. The van der Waals surface area contributed by atoms with Gasteiger partial charge in [-0.15, -0.1) is 0 Å². The van der Waals surface area contributed by atoms with Crippen molar-refractivity contribution >= 4 is 0 Å². The second-order valence-corrected chi connectivity index (χ2v) is 6.21. The minimum Gasteiger partial charge on any atom is -0.497 e. The van der Waals surface area contributed by atoms with Gasteiger partial charge in [-0.1, -0.05) is 50.2 Å². The third kappa shape index (κ3) is 4.35. The Kier molecular flexibility index (Phi) is 6.02. The molecule has 0 aliphatic carbocycles. The predicted octanol–water partition coefficient (Wildman–Crippen LogP) is 4.53. The van der Waals surface area contributed by atoms with E-state index >= 15 is 0 Å².